The highest BCUT2D eigenvalue weighted by Gasteiger charge is 2.51. The second-order valence-corrected chi connectivity index (χ2v) is 4.99. The summed E-state index contributed by atoms with van der Waals surface area (Å²) >= 11 is 0. The first-order chi connectivity index (χ1) is 9.92. The van der Waals surface area contributed by atoms with E-state index < -0.39 is 17.4 Å². The Morgan fingerprint density at radius 3 is 1.38 bits per heavy atom. The van der Waals surface area contributed by atoms with Crippen LogP contribution in [0.25, 0.3) is 0 Å². The number of hydrogen-bond acceptors (Lipinski definition) is 2. The molecule has 21 heavy (non-hydrogen) atoms. The Morgan fingerprint density at radius 1 is 0.762 bits per heavy atom. The lowest BCUT2D eigenvalue weighted by Crippen LogP contribution is -2.46. The maximum Gasteiger partial charge on any atom is 0.330 e. The van der Waals surface area contributed by atoms with E-state index in [1.807, 2.05) is 0 Å². The third-order valence-electron chi connectivity index (χ3n) is 3.74. The smallest absolute Gasteiger partial charge is 0.330 e. The molecule has 0 unspecified atom stereocenters. The Bertz CT molecular complexity index is 642. The van der Waals surface area contributed by atoms with Gasteiger partial charge in [-0.3, -0.25) is 9.59 Å². The molecule has 0 aliphatic rings. The van der Waals surface area contributed by atoms with Gasteiger partial charge in [0.05, 0.1) is 0 Å². The molecule has 4 nitrogen and oxygen atoms in total. The molecule has 0 fully saturated rings. The van der Waals surface area contributed by atoms with Crippen molar-refractivity contribution in [3.8, 4) is 0 Å². The maximum atomic E-state index is 12.0. The Kier molecular flexibility index (Phi) is 3.80. The molecule has 0 aliphatic carbocycles. The van der Waals surface area contributed by atoms with Crippen LogP contribution in [0.4, 0.5) is 0 Å². The van der Waals surface area contributed by atoms with Crippen molar-refractivity contribution in [3.05, 3.63) is 70.8 Å². The van der Waals surface area contributed by atoms with E-state index in [9.17, 15) is 19.8 Å². The number of rotatable bonds is 4. The Hall–Kier alpha value is -2.62. The molecular weight excluding hydrogens is 268 g/mol. The van der Waals surface area contributed by atoms with Gasteiger partial charge >= 0.3 is 11.9 Å². The van der Waals surface area contributed by atoms with Crippen LogP contribution in [0.1, 0.15) is 22.3 Å². The van der Waals surface area contributed by atoms with Crippen LogP contribution in [0.2, 0.25) is 0 Å². The molecule has 0 saturated carbocycles. The predicted molar refractivity (Wildman–Crippen MR) is 78.4 cm³/mol. The lowest BCUT2D eigenvalue weighted by Gasteiger charge is -2.28. The first kappa shape index (κ1) is 14.8. The van der Waals surface area contributed by atoms with Crippen molar-refractivity contribution in [2.45, 2.75) is 19.3 Å². The number of carbonyl (C=O) groups is 2. The molecule has 0 heterocycles. The fourth-order valence-electron chi connectivity index (χ4n) is 2.68. The first-order valence-electron chi connectivity index (χ1n) is 6.51. The molecule has 0 aliphatic heterocycles. The predicted octanol–water partition coefficient (Wildman–Crippen LogP) is 2.76. The number of carboxylic acids is 2. The standard InChI is InChI=1S/C17H16O4/c1-11-7-3-5-9-13(11)17(15(18)19,16(20)21)14-10-6-4-8-12(14)2/h3-10H,1-2H3,(H,18,19)(H,20,21). The lowest BCUT2D eigenvalue weighted by molar-refractivity contribution is -0.155. The van der Waals surface area contributed by atoms with Gasteiger partial charge in [0.25, 0.3) is 0 Å². The molecule has 2 aromatic rings. The molecule has 2 N–H and O–H groups in total. The highest BCUT2D eigenvalue weighted by molar-refractivity contribution is 6.09. The number of hydrogen-bond donors (Lipinski definition) is 2. The van der Waals surface area contributed by atoms with Gasteiger partial charge in [-0.2, -0.15) is 0 Å². The van der Waals surface area contributed by atoms with Crippen LogP contribution >= 0.6 is 0 Å². The number of benzene rings is 2. The number of aliphatic carboxylic acids is 2. The molecule has 0 spiro atoms. The molecular formula is C17H16O4. The Balaban J connectivity index is 2.91. The summed E-state index contributed by atoms with van der Waals surface area (Å²) in [5.74, 6) is -2.78. The van der Waals surface area contributed by atoms with E-state index in [4.69, 9.17) is 0 Å². The monoisotopic (exact) mass is 284 g/mol. The van der Waals surface area contributed by atoms with Gasteiger partial charge in [0.1, 0.15) is 0 Å². The average Bonchev–Trinajstić information content (AvgIpc) is 2.42. The van der Waals surface area contributed by atoms with Crippen LogP contribution < -0.4 is 0 Å². The van der Waals surface area contributed by atoms with Crippen molar-refractivity contribution in [3.63, 3.8) is 0 Å². The van der Waals surface area contributed by atoms with E-state index in [0.29, 0.717) is 11.1 Å². The summed E-state index contributed by atoms with van der Waals surface area (Å²) in [4.78, 5) is 24.0. The zero-order valence-corrected chi connectivity index (χ0v) is 11.8. The van der Waals surface area contributed by atoms with Gasteiger partial charge in [-0.1, -0.05) is 48.5 Å². The van der Waals surface area contributed by atoms with Gasteiger partial charge in [0.2, 0.25) is 5.41 Å². The maximum absolute atomic E-state index is 12.0. The molecule has 108 valence electrons. The summed E-state index contributed by atoms with van der Waals surface area (Å²) in [6.45, 7) is 3.43. The van der Waals surface area contributed by atoms with E-state index in [1.165, 1.54) is 0 Å². The second kappa shape index (κ2) is 5.40. The van der Waals surface area contributed by atoms with Crippen molar-refractivity contribution >= 4 is 11.9 Å². The minimum absolute atomic E-state index is 0.277. The zero-order chi connectivity index (χ0) is 15.6. The Morgan fingerprint density at radius 2 is 1.10 bits per heavy atom. The van der Waals surface area contributed by atoms with Gasteiger partial charge in [-0.15, -0.1) is 0 Å². The second-order valence-electron chi connectivity index (χ2n) is 4.99. The average molecular weight is 284 g/mol. The van der Waals surface area contributed by atoms with Crippen LogP contribution in [0.3, 0.4) is 0 Å². The zero-order valence-electron chi connectivity index (χ0n) is 11.8. The third-order valence-corrected chi connectivity index (χ3v) is 3.74. The highest BCUT2D eigenvalue weighted by Crippen LogP contribution is 2.37. The third kappa shape index (κ3) is 2.18. The van der Waals surface area contributed by atoms with E-state index in [-0.39, 0.29) is 11.1 Å². The molecule has 0 radical (unpaired) electrons. The van der Waals surface area contributed by atoms with Crippen molar-refractivity contribution in [1.29, 1.82) is 0 Å². The van der Waals surface area contributed by atoms with Crippen molar-refractivity contribution in [2.24, 2.45) is 0 Å². The quantitative estimate of drug-likeness (QED) is 0.847. The number of carboxylic acid groups (broad SMARTS) is 2. The number of aryl methyl sites for hydroxylation is 2. The lowest BCUT2D eigenvalue weighted by atomic mass is 9.71. The van der Waals surface area contributed by atoms with Crippen LogP contribution in [-0.2, 0) is 15.0 Å². The summed E-state index contributed by atoms with van der Waals surface area (Å²) in [6.07, 6.45) is 0. The molecule has 0 aromatic heterocycles. The van der Waals surface area contributed by atoms with Crippen molar-refractivity contribution in [1.82, 2.24) is 0 Å². The van der Waals surface area contributed by atoms with Gasteiger partial charge in [0.15, 0.2) is 0 Å². The fourth-order valence-corrected chi connectivity index (χ4v) is 2.68. The van der Waals surface area contributed by atoms with Gasteiger partial charge < -0.3 is 10.2 Å². The molecule has 0 bridgehead atoms. The van der Waals surface area contributed by atoms with Crippen LogP contribution in [-0.4, -0.2) is 22.2 Å². The normalized spacial score (nSPS) is 11.1. The molecule has 0 amide bonds. The summed E-state index contributed by atoms with van der Waals surface area (Å²) < 4.78 is 0. The highest BCUT2D eigenvalue weighted by atomic mass is 16.4. The fraction of sp³-hybridized carbons (Fsp3) is 0.176. The van der Waals surface area contributed by atoms with E-state index >= 15 is 0 Å². The molecule has 2 aromatic carbocycles. The molecule has 0 atom stereocenters. The van der Waals surface area contributed by atoms with Gasteiger partial charge in [-0.25, -0.2) is 0 Å². The summed E-state index contributed by atoms with van der Waals surface area (Å²) in [6, 6.07) is 13.4. The van der Waals surface area contributed by atoms with Gasteiger partial charge in [-0.05, 0) is 36.1 Å². The van der Waals surface area contributed by atoms with Gasteiger partial charge in [0, 0.05) is 0 Å². The van der Waals surface area contributed by atoms with Crippen molar-refractivity contribution in [2.75, 3.05) is 0 Å². The van der Waals surface area contributed by atoms with E-state index in [1.54, 1.807) is 62.4 Å². The summed E-state index contributed by atoms with van der Waals surface area (Å²) in [7, 11) is 0. The van der Waals surface area contributed by atoms with Crippen LogP contribution in [0.15, 0.2) is 48.5 Å². The summed E-state index contributed by atoms with van der Waals surface area (Å²) in [5, 5.41) is 19.5. The first-order valence-corrected chi connectivity index (χ1v) is 6.51. The van der Waals surface area contributed by atoms with Crippen LogP contribution in [0, 0.1) is 13.8 Å². The molecule has 2 rings (SSSR count). The molecule has 4 heteroatoms. The topological polar surface area (TPSA) is 74.6 Å². The summed E-state index contributed by atoms with van der Waals surface area (Å²) in [5.41, 5.74) is -0.286. The minimum atomic E-state index is -2.10. The SMILES string of the molecule is Cc1ccccc1C(C(=O)O)(C(=O)O)c1ccccc1C. The molecule has 0 saturated heterocycles. The Labute approximate surface area is 122 Å². The van der Waals surface area contributed by atoms with E-state index in [2.05, 4.69) is 0 Å². The van der Waals surface area contributed by atoms with E-state index in [0.717, 1.165) is 0 Å². The minimum Gasteiger partial charge on any atom is -0.480 e. The van der Waals surface area contributed by atoms with Crippen LogP contribution in [0.5, 0.6) is 0 Å². The van der Waals surface area contributed by atoms with Crippen molar-refractivity contribution < 1.29 is 19.8 Å². The largest absolute Gasteiger partial charge is 0.480 e.